The van der Waals surface area contributed by atoms with Crippen LogP contribution < -0.4 is 14.5 Å². The molecule has 3 aliphatic rings. The van der Waals surface area contributed by atoms with Gasteiger partial charge in [0, 0.05) is 5.69 Å². The first-order chi connectivity index (χ1) is 20.8. The van der Waals surface area contributed by atoms with Gasteiger partial charge in [0.1, 0.15) is 17.9 Å². The van der Waals surface area contributed by atoms with Crippen LogP contribution in [-0.4, -0.2) is 49.0 Å². The molecule has 8 nitrogen and oxygen atoms in total. The van der Waals surface area contributed by atoms with Crippen LogP contribution in [0.5, 0.6) is 5.75 Å². The van der Waals surface area contributed by atoms with Crippen LogP contribution in [0.15, 0.2) is 42.5 Å². The van der Waals surface area contributed by atoms with E-state index in [1.807, 2.05) is 0 Å². The zero-order chi connectivity index (χ0) is 31.9. The summed E-state index contributed by atoms with van der Waals surface area (Å²) in [6.07, 6.45) is -0.374. The maximum absolute atomic E-state index is 13.6. The molecule has 2 aromatic carbocycles. The van der Waals surface area contributed by atoms with E-state index in [0.29, 0.717) is 48.5 Å². The lowest BCUT2D eigenvalue weighted by Gasteiger charge is -2.57. The molecule has 12 heteroatoms. The normalized spacial score (nSPS) is 24.1. The Morgan fingerprint density at radius 2 is 1.66 bits per heavy atom. The van der Waals surface area contributed by atoms with Gasteiger partial charge in [0.05, 0.1) is 42.7 Å². The molecule has 0 unspecified atom stereocenters. The van der Waals surface area contributed by atoms with Crippen molar-refractivity contribution in [2.24, 2.45) is 17.3 Å². The summed E-state index contributed by atoms with van der Waals surface area (Å²) in [5.74, 6) is 0.793. The highest BCUT2D eigenvalue weighted by atomic mass is 32.1. The lowest BCUT2D eigenvalue weighted by Crippen LogP contribution is -2.50. The third kappa shape index (κ3) is 6.13. The van der Waals surface area contributed by atoms with Crippen molar-refractivity contribution in [3.05, 3.63) is 53.6 Å². The van der Waals surface area contributed by atoms with Crippen LogP contribution >= 0.6 is 12.2 Å². The van der Waals surface area contributed by atoms with E-state index in [2.05, 4.69) is 0 Å². The highest BCUT2D eigenvalue weighted by molar-refractivity contribution is 7.81. The van der Waals surface area contributed by atoms with Gasteiger partial charge in [-0.3, -0.25) is 9.69 Å². The molecule has 2 aliphatic carbocycles. The standard InChI is InChI=1S/C32H34F3N3O5S/c1-4-42-27(39)19-41-17-20-12-31(13-20)14-21(15-31)18-43-25-9-7-23(8-10-25)38-29(44)37(28(40)30(38,2)3)24-6-5-22(16-36)26(11-24)32(33,34)35/h5-11,20-21H,4,12-15,17-19H2,1-3H3. The predicted octanol–water partition coefficient (Wildman–Crippen LogP) is 6.26. The fourth-order valence-corrected chi connectivity index (χ4v) is 7.30. The Labute approximate surface area is 259 Å². The number of thiocarbonyl (C=S) groups is 1. The maximum atomic E-state index is 13.6. The van der Waals surface area contributed by atoms with E-state index in [1.54, 1.807) is 56.0 Å². The number of rotatable bonds is 10. The number of halogens is 3. The fourth-order valence-electron chi connectivity index (χ4n) is 6.78. The molecule has 0 bridgehead atoms. The number of nitriles is 1. The second-order valence-corrected chi connectivity index (χ2v) is 12.7. The number of carbonyl (C=O) groups excluding carboxylic acids is 2. The average Bonchev–Trinajstić information content (AvgIpc) is 3.10. The number of benzene rings is 2. The second-order valence-electron chi connectivity index (χ2n) is 12.3. The van der Waals surface area contributed by atoms with E-state index in [0.717, 1.165) is 42.7 Å². The number of amides is 1. The van der Waals surface area contributed by atoms with Gasteiger partial charge in [-0.25, -0.2) is 4.79 Å². The highest BCUT2D eigenvalue weighted by Gasteiger charge is 2.53. The second kappa shape index (κ2) is 12.0. The molecule has 44 heavy (non-hydrogen) atoms. The first kappa shape index (κ1) is 31.7. The molecule has 2 aromatic rings. The number of hydrogen-bond acceptors (Lipinski definition) is 7. The minimum absolute atomic E-state index is 0.00212. The number of alkyl halides is 3. The van der Waals surface area contributed by atoms with Crippen LogP contribution in [0, 0.1) is 28.6 Å². The summed E-state index contributed by atoms with van der Waals surface area (Å²) in [6, 6.07) is 11.8. The Morgan fingerprint density at radius 1 is 1.05 bits per heavy atom. The number of hydrogen-bond donors (Lipinski definition) is 0. The highest BCUT2D eigenvalue weighted by Crippen LogP contribution is 2.61. The summed E-state index contributed by atoms with van der Waals surface area (Å²) in [7, 11) is 0. The van der Waals surface area contributed by atoms with Gasteiger partial charge in [-0.1, -0.05) is 0 Å². The molecule has 2 saturated carbocycles. The summed E-state index contributed by atoms with van der Waals surface area (Å²) in [6.45, 7) is 6.61. The number of nitrogens with zero attached hydrogens (tertiary/aromatic N) is 3. The number of ether oxygens (including phenoxy) is 3. The number of esters is 1. The molecule has 1 aliphatic heterocycles. The van der Waals surface area contributed by atoms with Crippen LogP contribution in [0.2, 0.25) is 0 Å². The molecule has 5 rings (SSSR count). The fraction of sp³-hybridized carbons (Fsp3) is 0.500. The van der Waals surface area contributed by atoms with Crippen LogP contribution in [0.4, 0.5) is 24.5 Å². The van der Waals surface area contributed by atoms with E-state index in [-0.39, 0.29) is 23.4 Å². The van der Waals surface area contributed by atoms with Gasteiger partial charge < -0.3 is 19.1 Å². The van der Waals surface area contributed by atoms with E-state index in [4.69, 9.17) is 31.7 Å². The van der Waals surface area contributed by atoms with E-state index in [9.17, 15) is 22.8 Å². The molecule has 3 fully saturated rings. The number of carbonyl (C=O) groups is 2. The zero-order valence-electron chi connectivity index (χ0n) is 24.8. The van der Waals surface area contributed by atoms with Gasteiger partial charge in [0.25, 0.3) is 5.91 Å². The maximum Gasteiger partial charge on any atom is 0.417 e. The van der Waals surface area contributed by atoms with Gasteiger partial charge in [-0.15, -0.1) is 0 Å². The SMILES string of the molecule is CCOC(=O)COCC1CC2(C1)CC(COc1ccc(N3C(=S)N(c4ccc(C#N)c(C(F)(F)F)c4)C(=O)C3(C)C)cc1)C2. The van der Waals surface area contributed by atoms with Crippen LogP contribution in [0.1, 0.15) is 57.6 Å². The molecule has 1 amide bonds. The summed E-state index contributed by atoms with van der Waals surface area (Å²) >= 11 is 5.61. The Kier molecular flexibility index (Phi) is 8.66. The number of anilines is 2. The molecule has 1 saturated heterocycles. The monoisotopic (exact) mass is 629 g/mol. The smallest absolute Gasteiger partial charge is 0.417 e. The molecule has 1 heterocycles. The molecule has 0 aromatic heterocycles. The summed E-state index contributed by atoms with van der Waals surface area (Å²) < 4.78 is 57.2. The lowest BCUT2D eigenvalue weighted by atomic mass is 9.48. The first-order valence-electron chi connectivity index (χ1n) is 14.5. The van der Waals surface area contributed by atoms with Gasteiger partial charge in [-0.2, -0.15) is 18.4 Å². The van der Waals surface area contributed by atoms with E-state index >= 15 is 0 Å². The molecule has 0 radical (unpaired) electrons. The average molecular weight is 630 g/mol. The molecular formula is C32H34F3N3O5S. The minimum Gasteiger partial charge on any atom is -0.493 e. The molecule has 0 N–H and O–H groups in total. The topological polar surface area (TPSA) is 92.1 Å². The molecule has 1 spiro atoms. The van der Waals surface area contributed by atoms with E-state index in [1.165, 1.54) is 6.07 Å². The van der Waals surface area contributed by atoms with Crippen LogP contribution in [0.3, 0.4) is 0 Å². The third-order valence-electron chi connectivity index (χ3n) is 8.70. The zero-order valence-corrected chi connectivity index (χ0v) is 25.6. The minimum atomic E-state index is -4.77. The summed E-state index contributed by atoms with van der Waals surface area (Å²) in [5.41, 5.74) is -1.92. The first-order valence-corrected chi connectivity index (χ1v) is 14.9. The van der Waals surface area contributed by atoms with Crippen molar-refractivity contribution in [2.75, 3.05) is 36.2 Å². The third-order valence-corrected chi connectivity index (χ3v) is 9.07. The van der Waals surface area contributed by atoms with Gasteiger partial charge >= 0.3 is 12.1 Å². The lowest BCUT2D eigenvalue weighted by molar-refractivity contribution is -0.151. The van der Waals surface area contributed by atoms with Crippen molar-refractivity contribution >= 4 is 40.6 Å². The van der Waals surface area contributed by atoms with Gasteiger partial charge in [0.2, 0.25) is 0 Å². The quantitative estimate of drug-likeness (QED) is 0.225. The van der Waals surface area contributed by atoms with Crippen molar-refractivity contribution in [3.8, 4) is 11.8 Å². The van der Waals surface area contributed by atoms with Crippen molar-refractivity contribution in [2.45, 2.75) is 58.2 Å². The van der Waals surface area contributed by atoms with Crippen molar-refractivity contribution in [3.63, 3.8) is 0 Å². The summed E-state index contributed by atoms with van der Waals surface area (Å²) in [4.78, 5) is 27.5. The Hall–Kier alpha value is -3.69. The van der Waals surface area contributed by atoms with Gasteiger partial charge in [0.15, 0.2) is 5.11 Å². The molecule has 0 atom stereocenters. The van der Waals surface area contributed by atoms with Crippen molar-refractivity contribution in [1.82, 2.24) is 0 Å². The molecular weight excluding hydrogens is 595 g/mol. The Balaban J connectivity index is 1.15. The van der Waals surface area contributed by atoms with Crippen LogP contribution in [0.25, 0.3) is 0 Å². The molecule has 234 valence electrons. The van der Waals surface area contributed by atoms with Crippen LogP contribution in [-0.2, 0) is 25.2 Å². The van der Waals surface area contributed by atoms with E-state index < -0.39 is 28.7 Å². The van der Waals surface area contributed by atoms with Gasteiger partial charge in [-0.05, 0) is 118 Å². The summed E-state index contributed by atoms with van der Waals surface area (Å²) in [5, 5.41) is 9.17. The Bertz CT molecular complexity index is 1470. The predicted molar refractivity (Wildman–Crippen MR) is 160 cm³/mol. The Morgan fingerprint density at radius 3 is 2.25 bits per heavy atom. The van der Waals surface area contributed by atoms with Crippen molar-refractivity contribution in [1.29, 1.82) is 5.26 Å². The van der Waals surface area contributed by atoms with Crippen molar-refractivity contribution < 1.29 is 37.0 Å². The largest absolute Gasteiger partial charge is 0.493 e.